The molecule has 1 aliphatic rings. The second-order valence-corrected chi connectivity index (χ2v) is 7.74. The van der Waals surface area contributed by atoms with Crippen molar-refractivity contribution in [3.63, 3.8) is 0 Å². The number of carbonyl (C=O) groups is 2. The number of nitrogens with two attached hydrogens (primary N) is 1. The molecule has 2 amide bonds. The van der Waals surface area contributed by atoms with Gasteiger partial charge in [0.2, 0.25) is 5.91 Å². The number of primary amides is 1. The first kappa shape index (κ1) is 19.7. The van der Waals surface area contributed by atoms with Crippen molar-refractivity contribution in [2.24, 2.45) is 17.1 Å². The number of amides is 2. The van der Waals surface area contributed by atoms with E-state index in [0.717, 1.165) is 19.4 Å². The summed E-state index contributed by atoms with van der Waals surface area (Å²) in [4.78, 5) is 36.2. The van der Waals surface area contributed by atoms with E-state index in [1.165, 1.54) is 12.1 Å². The van der Waals surface area contributed by atoms with Gasteiger partial charge in [0.15, 0.2) is 0 Å². The molecule has 1 heterocycles. The Balaban J connectivity index is 2.13. The highest BCUT2D eigenvalue weighted by molar-refractivity contribution is 5.99. The number of non-ortho nitro benzene ring substituents is 1. The number of anilines is 1. The number of nitrogens with one attached hydrogen (secondary N) is 1. The quantitative estimate of drug-likeness (QED) is 0.614. The summed E-state index contributed by atoms with van der Waals surface area (Å²) in [7, 11) is 0. The maximum absolute atomic E-state index is 12.1. The fraction of sp³-hybridized carbons (Fsp3) is 0.556. The highest BCUT2D eigenvalue weighted by Crippen LogP contribution is 2.29. The molecule has 26 heavy (non-hydrogen) atoms. The van der Waals surface area contributed by atoms with Gasteiger partial charge in [-0.3, -0.25) is 19.7 Å². The lowest BCUT2D eigenvalue weighted by atomic mass is 9.93. The lowest BCUT2D eigenvalue weighted by Gasteiger charge is -2.35. The van der Waals surface area contributed by atoms with Crippen molar-refractivity contribution >= 4 is 23.2 Å². The Morgan fingerprint density at radius 3 is 2.65 bits per heavy atom. The number of nitro benzene ring substituents is 1. The van der Waals surface area contributed by atoms with Crippen LogP contribution >= 0.6 is 0 Å². The van der Waals surface area contributed by atoms with Crippen molar-refractivity contribution in [3.8, 4) is 0 Å². The summed E-state index contributed by atoms with van der Waals surface area (Å²) in [5.74, 6) is -0.444. The number of hydrogen-bond acceptors (Lipinski definition) is 5. The maximum Gasteiger partial charge on any atom is 0.270 e. The standard InChI is InChI=1S/C18H26N4O4/c1-18(2,3)17(24)20-10-12-5-4-8-21(11-12)15-7-6-13(22(25)26)9-14(15)16(19)23/h6-7,9,12H,4-5,8,10-11H2,1-3H3,(H2,19,23)(H,20,24). The number of hydrogen-bond donors (Lipinski definition) is 2. The summed E-state index contributed by atoms with van der Waals surface area (Å²) in [6, 6.07) is 4.18. The minimum absolute atomic E-state index is 0.00258. The third-order valence-corrected chi connectivity index (χ3v) is 4.55. The van der Waals surface area contributed by atoms with Crippen LogP contribution < -0.4 is 16.0 Å². The molecule has 1 atom stereocenters. The van der Waals surface area contributed by atoms with Crippen molar-refractivity contribution in [1.82, 2.24) is 5.32 Å². The minimum Gasteiger partial charge on any atom is -0.371 e. The molecule has 1 aromatic carbocycles. The van der Waals surface area contributed by atoms with Crippen molar-refractivity contribution in [1.29, 1.82) is 0 Å². The lowest BCUT2D eigenvalue weighted by molar-refractivity contribution is -0.384. The summed E-state index contributed by atoms with van der Waals surface area (Å²) in [5, 5.41) is 13.9. The van der Waals surface area contributed by atoms with E-state index in [1.54, 1.807) is 6.07 Å². The van der Waals surface area contributed by atoms with Crippen LogP contribution in [-0.4, -0.2) is 36.4 Å². The summed E-state index contributed by atoms with van der Waals surface area (Å²) >= 11 is 0. The number of carbonyl (C=O) groups excluding carboxylic acids is 2. The summed E-state index contributed by atoms with van der Waals surface area (Å²) in [6.45, 7) is 7.55. The average Bonchev–Trinajstić information content (AvgIpc) is 2.58. The van der Waals surface area contributed by atoms with E-state index in [4.69, 9.17) is 5.73 Å². The van der Waals surface area contributed by atoms with Gasteiger partial charge in [-0.05, 0) is 24.8 Å². The Kier molecular flexibility index (Phi) is 5.84. The van der Waals surface area contributed by atoms with Crippen LogP contribution in [0.15, 0.2) is 18.2 Å². The molecule has 0 bridgehead atoms. The number of piperidine rings is 1. The third-order valence-electron chi connectivity index (χ3n) is 4.55. The highest BCUT2D eigenvalue weighted by atomic mass is 16.6. The molecular formula is C18H26N4O4. The van der Waals surface area contributed by atoms with Crippen LogP contribution in [0.4, 0.5) is 11.4 Å². The van der Waals surface area contributed by atoms with Gasteiger partial charge < -0.3 is 16.0 Å². The largest absolute Gasteiger partial charge is 0.371 e. The maximum atomic E-state index is 12.1. The summed E-state index contributed by atoms with van der Waals surface area (Å²) < 4.78 is 0. The van der Waals surface area contributed by atoms with Gasteiger partial charge in [0, 0.05) is 37.2 Å². The van der Waals surface area contributed by atoms with E-state index < -0.39 is 16.2 Å². The Morgan fingerprint density at radius 2 is 2.08 bits per heavy atom. The van der Waals surface area contributed by atoms with E-state index in [2.05, 4.69) is 5.32 Å². The second kappa shape index (κ2) is 7.72. The molecule has 3 N–H and O–H groups in total. The van der Waals surface area contributed by atoms with Gasteiger partial charge in [-0.25, -0.2) is 0 Å². The van der Waals surface area contributed by atoms with E-state index in [-0.39, 0.29) is 23.1 Å². The van der Waals surface area contributed by atoms with Crippen LogP contribution in [0.1, 0.15) is 44.0 Å². The molecule has 1 unspecified atom stereocenters. The van der Waals surface area contributed by atoms with Crippen LogP contribution in [0.5, 0.6) is 0 Å². The molecule has 2 rings (SSSR count). The molecule has 0 spiro atoms. The Bertz CT molecular complexity index is 712. The molecule has 1 saturated heterocycles. The predicted octanol–water partition coefficient (Wildman–Crippen LogP) is 2.07. The van der Waals surface area contributed by atoms with Crippen LogP contribution in [0.25, 0.3) is 0 Å². The lowest BCUT2D eigenvalue weighted by Crippen LogP contribution is -2.44. The van der Waals surface area contributed by atoms with Gasteiger partial charge in [0.05, 0.1) is 16.2 Å². The van der Waals surface area contributed by atoms with Crippen molar-refractivity contribution in [2.75, 3.05) is 24.5 Å². The number of rotatable bonds is 5. The normalized spacial score (nSPS) is 17.7. The van der Waals surface area contributed by atoms with E-state index in [1.807, 2.05) is 25.7 Å². The molecule has 0 saturated carbocycles. The van der Waals surface area contributed by atoms with Crippen LogP contribution in [0.3, 0.4) is 0 Å². The molecule has 8 nitrogen and oxygen atoms in total. The predicted molar refractivity (Wildman–Crippen MR) is 99.0 cm³/mol. The van der Waals surface area contributed by atoms with Gasteiger partial charge in [-0.2, -0.15) is 0 Å². The van der Waals surface area contributed by atoms with E-state index in [9.17, 15) is 19.7 Å². The van der Waals surface area contributed by atoms with Gasteiger partial charge in [-0.15, -0.1) is 0 Å². The van der Waals surface area contributed by atoms with Crippen LogP contribution in [-0.2, 0) is 4.79 Å². The van der Waals surface area contributed by atoms with Crippen molar-refractivity contribution < 1.29 is 14.5 Å². The van der Waals surface area contributed by atoms with Crippen molar-refractivity contribution in [2.45, 2.75) is 33.6 Å². The average molecular weight is 362 g/mol. The van der Waals surface area contributed by atoms with Gasteiger partial charge >= 0.3 is 0 Å². The van der Waals surface area contributed by atoms with E-state index >= 15 is 0 Å². The van der Waals surface area contributed by atoms with Crippen LogP contribution in [0.2, 0.25) is 0 Å². The zero-order chi connectivity index (χ0) is 19.5. The monoisotopic (exact) mass is 362 g/mol. The Morgan fingerprint density at radius 1 is 1.38 bits per heavy atom. The molecule has 1 aliphatic heterocycles. The fourth-order valence-corrected chi connectivity index (χ4v) is 3.06. The van der Waals surface area contributed by atoms with E-state index in [0.29, 0.717) is 18.8 Å². The first-order valence-corrected chi connectivity index (χ1v) is 8.71. The number of nitro groups is 1. The fourth-order valence-electron chi connectivity index (χ4n) is 3.06. The SMILES string of the molecule is CC(C)(C)C(=O)NCC1CCCN(c2ccc([N+](=O)[O-])cc2C(N)=O)C1. The Hall–Kier alpha value is -2.64. The zero-order valence-corrected chi connectivity index (χ0v) is 15.4. The molecule has 1 fully saturated rings. The first-order valence-electron chi connectivity index (χ1n) is 8.71. The molecule has 1 aromatic rings. The Labute approximate surface area is 152 Å². The van der Waals surface area contributed by atoms with Gasteiger partial charge in [0.25, 0.3) is 11.6 Å². The molecule has 0 aliphatic carbocycles. The second-order valence-electron chi connectivity index (χ2n) is 7.74. The third kappa shape index (κ3) is 4.71. The number of benzene rings is 1. The smallest absolute Gasteiger partial charge is 0.270 e. The highest BCUT2D eigenvalue weighted by Gasteiger charge is 2.26. The topological polar surface area (TPSA) is 119 Å². The first-order chi connectivity index (χ1) is 12.1. The molecular weight excluding hydrogens is 336 g/mol. The molecule has 142 valence electrons. The molecule has 8 heteroatoms. The summed E-state index contributed by atoms with van der Waals surface area (Å²) in [5.41, 5.74) is 5.59. The molecule has 0 radical (unpaired) electrons. The minimum atomic E-state index is -0.688. The van der Waals surface area contributed by atoms with Crippen molar-refractivity contribution in [3.05, 3.63) is 33.9 Å². The van der Waals surface area contributed by atoms with Gasteiger partial charge in [-0.1, -0.05) is 20.8 Å². The number of nitrogens with zero attached hydrogens (tertiary/aromatic N) is 2. The van der Waals surface area contributed by atoms with Gasteiger partial charge in [0.1, 0.15) is 0 Å². The molecule has 0 aromatic heterocycles. The van der Waals surface area contributed by atoms with Crippen LogP contribution in [0, 0.1) is 21.4 Å². The zero-order valence-electron chi connectivity index (χ0n) is 15.4. The summed E-state index contributed by atoms with van der Waals surface area (Å²) in [6.07, 6.45) is 1.88.